The lowest BCUT2D eigenvalue weighted by Gasteiger charge is -2.19. The molecule has 0 bridgehead atoms. The van der Waals surface area contributed by atoms with Gasteiger partial charge in [0.2, 0.25) is 0 Å². The van der Waals surface area contributed by atoms with Gasteiger partial charge in [0.05, 0.1) is 0 Å². The van der Waals surface area contributed by atoms with Gasteiger partial charge in [-0.05, 0) is 32.9 Å². The van der Waals surface area contributed by atoms with Gasteiger partial charge in [-0.1, -0.05) is 6.07 Å². The maximum atomic E-state index is 12.1. The number of hydrogen-bond donors (Lipinski definition) is 3. The zero-order chi connectivity index (χ0) is 19.1. The Morgan fingerprint density at radius 2 is 1.72 bits per heavy atom. The molecule has 0 spiro atoms. The van der Waals surface area contributed by atoms with E-state index in [9.17, 15) is 22.8 Å². The van der Waals surface area contributed by atoms with E-state index in [0.717, 1.165) is 12.1 Å². The number of carbonyl (C=O) groups excluding carboxylic acids is 2. The van der Waals surface area contributed by atoms with Gasteiger partial charge in [-0.25, -0.2) is 9.59 Å². The summed E-state index contributed by atoms with van der Waals surface area (Å²) in [7, 11) is 0. The van der Waals surface area contributed by atoms with Crippen LogP contribution < -0.4 is 20.7 Å². The van der Waals surface area contributed by atoms with Gasteiger partial charge in [0, 0.05) is 24.8 Å². The predicted octanol–water partition coefficient (Wildman–Crippen LogP) is 3.23. The Kier molecular flexibility index (Phi) is 6.89. The van der Waals surface area contributed by atoms with Crippen LogP contribution in [0, 0.1) is 0 Å². The number of alkyl carbamates (subject to hydrolysis) is 1. The quantitative estimate of drug-likeness (QED) is 0.701. The highest BCUT2D eigenvalue weighted by atomic mass is 19.4. The lowest BCUT2D eigenvalue weighted by Crippen LogP contribution is -2.39. The van der Waals surface area contributed by atoms with E-state index in [4.69, 9.17) is 4.74 Å². The molecule has 7 nitrogen and oxygen atoms in total. The van der Waals surface area contributed by atoms with Gasteiger partial charge < -0.3 is 25.4 Å². The van der Waals surface area contributed by atoms with Crippen LogP contribution in [0.5, 0.6) is 5.75 Å². The molecule has 3 N–H and O–H groups in total. The van der Waals surface area contributed by atoms with E-state index in [2.05, 4.69) is 20.7 Å². The highest BCUT2D eigenvalue weighted by molar-refractivity contribution is 5.89. The first kappa shape index (κ1) is 20.4. The SMILES string of the molecule is CC(C)(C)OC(=O)NCCNC(=O)Nc1cccc(OC(F)(F)F)c1. The Morgan fingerprint density at radius 1 is 1.08 bits per heavy atom. The van der Waals surface area contributed by atoms with Gasteiger partial charge in [-0.15, -0.1) is 13.2 Å². The fourth-order valence-corrected chi connectivity index (χ4v) is 1.60. The molecule has 0 radical (unpaired) electrons. The van der Waals surface area contributed by atoms with Crippen molar-refractivity contribution in [1.29, 1.82) is 0 Å². The molecule has 1 rings (SSSR count). The molecule has 0 heterocycles. The Morgan fingerprint density at radius 3 is 2.32 bits per heavy atom. The van der Waals surface area contributed by atoms with E-state index in [-0.39, 0.29) is 18.8 Å². The first-order chi connectivity index (χ1) is 11.4. The minimum absolute atomic E-state index is 0.101. The van der Waals surface area contributed by atoms with Crippen LogP contribution in [0.3, 0.4) is 0 Å². The van der Waals surface area contributed by atoms with Crippen LogP contribution in [0.2, 0.25) is 0 Å². The summed E-state index contributed by atoms with van der Waals surface area (Å²) >= 11 is 0. The topological polar surface area (TPSA) is 88.7 Å². The Balaban J connectivity index is 2.35. The third kappa shape index (κ3) is 9.95. The molecule has 140 valence electrons. The number of halogens is 3. The lowest BCUT2D eigenvalue weighted by atomic mass is 10.2. The van der Waals surface area contributed by atoms with Crippen molar-refractivity contribution in [2.75, 3.05) is 18.4 Å². The summed E-state index contributed by atoms with van der Waals surface area (Å²) in [6.45, 7) is 5.38. The zero-order valence-corrected chi connectivity index (χ0v) is 14.0. The van der Waals surface area contributed by atoms with E-state index in [1.54, 1.807) is 20.8 Å². The highest BCUT2D eigenvalue weighted by Gasteiger charge is 2.31. The predicted molar refractivity (Wildman–Crippen MR) is 84.4 cm³/mol. The van der Waals surface area contributed by atoms with Crippen molar-refractivity contribution in [3.8, 4) is 5.75 Å². The summed E-state index contributed by atoms with van der Waals surface area (Å²) in [4.78, 5) is 23.0. The Hall–Kier alpha value is -2.65. The number of ether oxygens (including phenoxy) is 2. The molecular formula is C15H20F3N3O4. The van der Waals surface area contributed by atoms with Crippen molar-refractivity contribution in [2.45, 2.75) is 32.7 Å². The molecule has 10 heteroatoms. The number of nitrogens with one attached hydrogen (secondary N) is 3. The fraction of sp³-hybridized carbons (Fsp3) is 0.467. The van der Waals surface area contributed by atoms with Crippen molar-refractivity contribution in [2.24, 2.45) is 0 Å². The number of hydrogen-bond acceptors (Lipinski definition) is 4. The van der Waals surface area contributed by atoms with E-state index in [1.807, 2.05) is 0 Å². The molecule has 25 heavy (non-hydrogen) atoms. The van der Waals surface area contributed by atoms with Gasteiger partial charge in [-0.2, -0.15) is 0 Å². The van der Waals surface area contributed by atoms with Crippen LogP contribution in [0.15, 0.2) is 24.3 Å². The van der Waals surface area contributed by atoms with Crippen molar-refractivity contribution in [3.05, 3.63) is 24.3 Å². The van der Waals surface area contributed by atoms with Gasteiger partial charge in [0.1, 0.15) is 11.4 Å². The summed E-state index contributed by atoms with van der Waals surface area (Å²) in [6, 6.07) is 4.21. The van der Waals surface area contributed by atoms with Crippen LogP contribution in [0.25, 0.3) is 0 Å². The molecule has 0 aromatic heterocycles. The molecular weight excluding hydrogens is 343 g/mol. The molecule has 1 aromatic rings. The third-order valence-electron chi connectivity index (χ3n) is 2.40. The van der Waals surface area contributed by atoms with Crippen LogP contribution >= 0.6 is 0 Å². The standard InChI is InChI=1S/C15H20F3N3O4/c1-14(2,3)25-13(23)20-8-7-19-12(22)21-10-5-4-6-11(9-10)24-15(16,17)18/h4-6,9H,7-8H2,1-3H3,(H,20,23)(H2,19,21,22). The zero-order valence-electron chi connectivity index (χ0n) is 14.0. The van der Waals surface area contributed by atoms with Crippen LogP contribution in [-0.4, -0.2) is 37.2 Å². The summed E-state index contributed by atoms with van der Waals surface area (Å²) in [5.41, 5.74) is -0.502. The van der Waals surface area contributed by atoms with Gasteiger partial charge in [0.25, 0.3) is 0 Å². The normalized spacial score (nSPS) is 11.4. The average Bonchev–Trinajstić information content (AvgIpc) is 2.40. The molecule has 0 saturated carbocycles. The van der Waals surface area contributed by atoms with E-state index in [1.165, 1.54) is 12.1 Å². The molecule has 0 fully saturated rings. The Bertz CT molecular complexity index is 600. The number of amides is 3. The fourth-order valence-electron chi connectivity index (χ4n) is 1.60. The lowest BCUT2D eigenvalue weighted by molar-refractivity contribution is -0.274. The molecule has 3 amide bonds. The van der Waals surface area contributed by atoms with Crippen LogP contribution in [0.4, 0.5) is 28.4 Å². The number of rotatable bonds is 5. The number of urea groups is 1. The first-order valence-corrected chi connectivity index (χ1v) is 7.32. The van der Waals surface area contributed by atoms with Gasteiger partial charge in [0.15, 0.2) is 0 Å². The maximum absolute atomic E-state index is 12.1. The Labute approximate surface area is 142 Å². The van der Waals surface area contributed by atoms with Crippen molar-refractivity contribution >= 4 is 17.8 Å². The number of carbonyl (C=O) groups is 2. The molecule has 0 saturated heterocycles. The number of anilines is 1. The summed E-state index contributed by atoms with van der Waals surface area (Å²) in [5, 5.41) is 7.23. The van der Waals surface area contributed by atoms with Crippen molar-refractivity contribution < 1.29 is 32.2 Å². The second-order valence-electron chi connectivity index (χ2n) is 5.89. The second-order valence-corrected chi connectivity index (χ2v) is 5.89. The van der Waals surface area contributed by atoms with E-state index >= 15 is 0 Å². The highest BCUT2D eigenvalue weighted by Crippen LogP contribution is 2.24. The number of benzene rings is 1. The summed E-state index contributed by atoms with van der Waals surface area (Å²) in [5.74, 6) is -0.447. The molecule has 0 atom stereocenters. The van der Waals surface area contributed by atoms with E-state index < -0.39 is 29.8 Å². The third-order valence-corrected chi connectivity index (χ3v) is 2.40. The second kappa shape index (κ2) is 8.45. The number of alkyl halides is 3. The van der Waals surface area contributed by atoms with Crippen molar-refractivity contribution in [1.82, 2.24) is 10.6 Å². The average molecular weight is 363 g/mol. The molecule has 0 unspecified atom stereocenters. The molecule has 1 aromatic carbocycles. The maximum Gasteiger partial charge on any atom is 0.573 e. The molecule has 0 aliphatic rings. The smallest absolute Gasteiger partial charge is 0.444 e. The molecule has 0 aliphatic carbocycles. The van der Waals surface area contributed by atoms with Gasteiger partial charge in [-0.3, -0.25) is 0 Å². The summed E-state index contributed by atoms with van der Waals surface area (Å²) < 4.78 is 45.2. The minimum Gasteiger partial charge on any atom is -0.444 e. The largest absolute Gasteiger partial charge is 0.573 e. The first-order valence-electron chi connectivity index (χ1n) is 7.32. The van der Waals surface area contributed by atoms with Gasteiger partial charge >= 0.3 is 18.5 Å². The van der Waals surface area contributed by atoms with Crippen molar-refractivity contribution in [3.63, 3.8) is 0 Å². The monoisotopic (exact) mass is 363 g/mol. The summed E-state index contributed by atoms with van der Waals surface area (Å²) in [6.07, 6.45) is -5.43. The van der Waals surface area contributed by atoms with Crippen LogP contribution in [-0.2, 0) is 4.74 Å². The molecule has 0 aliphatic heterocycles. The van der Waals surface area contributed by atoms with E-state index in [0.29, 0.717) is 0 Å². The minimum atomic E-state index is -4.81. The van der Waals surface area contributed by atoms with Crippen LogP contribution in [0.1, 0.15) is 20.8 Å².